The molecule has 170 valence electrons. The fourth-order valence-electron chi connectivity index (χ4n) is 3.19. The Morgan fingerprint density at radius 1 is 1.39 bits per heavy atom. The maximum atomic E-state index is 13.8. The molecule has 7 nitrogen and oxygen atoms in total. The topological polar surface area (TPSA) is 73.1 Å². The number of carbonyl (C=O) groups is 1. The first-order valence-electron chi connectivity index (χ1n) is 9.90. The second-order valence-electron chi connectivity index (χ2n) is 7.38. The molecule has 1 saturated heterocycles. The van der Waals surface area contributed by atoms with E-state index in [1.54, 1.807) is 26.4 Å². The van der Waals surface area contributed by atoms with E-state index in [1.165, 1.54) is 11.0 Å². The molecule has 2 aromatic rings. The normalized spacial score (nSPS) is 16.1. The van der Waals surface area contributed by atoms with E-state index < -0.39 is 5.82 Å². The van der Waals surface area contributed by atoms with Gasteiger partial charge in [-0.3, -0.25) is 4.79 Å². The van der Waals surface area contributed by atoms with Gasteiger partial charge >= 0.3 is 0 Å². The molecule has 1 unspecified atom stereocenters. The van der Waals surface area contributed by atoms with Crippen LogP contribution in [0.25, 0.3) is 0 Å². The SMILES string of the molecule is CN(C)C(=O)CN=C(NCCc1ccco1)NC1CCN(c2ccc(Cl)c(F)c2)C1.I. The molecule has 1 amide bonds. The number of benzene rings is 1. The number of amides is 1. The first-order valence-corrected chi connectivity index (χ1v) is 10.3. The van der Waals surface area contributed by atoms with Crippen LogP contribution in [0, 0.1) is 5.82 Å². The molecular weight excluding hydrogens is 536 g/mol. The van der Waals surface area contributed by atoms with Crippen LogP contribution in [0.1, 0.15) is 12.2 Å². The number of nitrogens with one attached hydrogen (secondary N) is 2. The quantitative estimate of drug-likeness (QED) is 0.308. The molecule has 0 bridgehead atoms. The zero-order chi connectivity index (χ0) is 21.5. The molecule has 1 aliphatic rings. The second-order valence-corrected chi connectivity index (χ2v) is 7.79. The Morgan fingerprint density at radius 3 is 2.87 bits per heavy atom. The summed E-state index contributed by atoms with van der Waals surface area (Å²) in [4.78, 5) is 20.0. The molecule has 2 N–H and O–H groups in total. The number of halogens is 3. The van der Waals surface area contributed by atoms with Crippen LogP contribution in [-0.4, -0.2) is 63.1 Å². The molecule has 0 aliphatic carbocycles. The van der Waals surface area contributed by atoms with Gasteiger partial charge < -0.3 is 24.9 Å². The lowest BCUT2D eigenvalue weighted by atomic mass is 10.2. The van der Waals surface area contributed by atoms with E-state index >= 15 is 0 Å². The average molecular weight is 564 g/mol. The van der Waals surface area contributed by atoms with Gasteiger partial charge in [0, 0.05) is 51.9 Å². The minimum Gasteiger partial charge on any atom is -0.469 e. The summed E-state index contributed by atoms with van der Waals surface area (Å²) in [6.07, 6.45) is 3.21. The Hall–Kier alpha value is -2.01. The van der Waals surface area contributed by atoms with Gasteiger partial charge in [0.2, 0.25) is 5.91 Å². The lowest BCUT2D eigenvalue weighted by Crippen LogP contribution is -2.45. The monoisotopic (exact) mass is 563 g/mol. The zero-order valence-electron chi connectivity index (χ0n) is 17.6. The van der Waals surface area contributed by atoms with E-state index in [4.69, 9.17) is 16.0 Å². The number of furan rings is 1. The molecular formula is C21H28ClFIN5O2. The third-order valence-corrected chi connectivity index (χ3v) is 5.22. The number of guanidine groups is 1. The highest BCUT2D eigenvalue weighted by atomic mass is 127. The van der Waals surface area contributed by atoms with Gasteiger partial charge in [0.15, 0.2) is 5.96 Å². The van der Waals surface area contributed by atoms with Crippen molar-refractivity contribution in [1.29, 1.82) is 0 Å². The van der Waals surface area contributed by atoms with E-state index in [1.807, 2.05) is 18.2 Å². The summed E-state index contributed by atoms with van der Waals surface area (Å²) in [6.45, 7) is 2.16. The van der Waals surface area contributed by atoms with Crippen LogP contribution in [0.4, 0.5) is 10.1 Å². The number of hydrogen-bond donors (Lipinski definition) is 2. The summed E-state index contributed by atoms with van der Waals surface area (Å²) in [5.74, 6) is 0.954. The number of likely N-dealkylation sites (N-methyl/N-ethyl adjacent to an activating group) is 1. The predicted molar refractivity (Wildman–Crippen MR) is 132 cm³/mol. The van der Waals surface area contributed by atoms with Crippen molar-refractivity contribution in [2.24, 2.45) is 4.99 Å². The molecule has 2 heterocycles. The Kier molecular flexibility index (Phi) is 9.89. The average Bonchev–Trinajstić information content (AvgIpc) is 3.40. The summed E-state index contributed by atoms with van der Waals surface area (Å²) in [5, 5.41) is 6.77. The zero-order valence-corrected chi connectivity index (χ0v) is 20.7. The van der Waals surface area contributed by atoms with Crippen LogP contribution in [0.15, 0.2) is 46.0 Å². The van der Waals surface area contributed by atoms with Gasteiger partial charge in [0.05, 0.1) is 11.3 Å². The van der Waals surface area contributed by atoms with Crippen LogP contribution >= 0.6 is 35.6 Å². The van der Waals surface area contributed by atoms with Crippen molar-refractivity contribution >= 4 is 53.1 Å². The minimum absolute atomic E-state index is 0. The number of nitrogens with zero attached hydrogens (tertiary/aromatic N) is 3. The number of anilines is 1. The van der Waals surface area contributed by atoms with Gasteiger partial charge in [-0.05, 0) is 36.8 Å². The Balaban J connectivity index is 0.00000341. The number of rotatable bonds is 7. The lowest BCUT2D eigenvalue weighted by molar-refractivity contribution is -0.127. The van der Waals surface area contributed by atoms with Crippen molar-refractivity contribution in [2.45, 2.75) is 18.9 Å². The Bertz CT molecular complexity index is 879. The molecule has 1 aromatic carbocycles. The van der Waals surface area contributed by atoms with E-state index in [-0.39, 0.29) is 47.5 Å². The molecule has 0 saturated carbocycles. The maximum Gasteiger partial charge on any atom is 0.243 e. The summed E-state index contributed by atoms with van der Waals surface area (Å²) in [5.41, 5.74) is 0.799. The highest BCUT2D eigenvalue weighted by Gasteiger charge is 2.24. The van der Waals surface area contributed by atoms with E-state index in [0.717, 1.165) is 24.4 Å². The maximum absolute atomic E-state index is 13.8. The highest BCUT2D eigenvalue weighted by molar-refractivity contribution is 14.0. The van der Waals surface area contributed by atoms with Gasteiger partial charge in [-0.2, -0.15) is 0 Å². The molecule has 3 rings (SSSR count). The first kappa shape index (κ1) is 25.3. The molecule has 0 radical (unpaired) electrons. The molecule has 1 aromatic heterocycles. The fraction of sp³-hybridized carbons (Fsp3) is 0.429. The van der Waals surface area contributed by atoms with Crippen LogP contribution in [0.5, 0.6) is 0 Å². The smallest absolute Gasteiger partial charge is 0.243 e. The van der Waals surface area contributed by atoms with Crippen molar-refractivity contribution < 1.29 is 13.6 Å². The molecule has 10 heteroatoms. The summed E-state index contributed by atoms with van der Waals surface area (Å²) in [6, 6.07) is 8.74. The minimum atomic E-state index is -0.422. The lowest BCUT2D eigenvalue weighted by Gasteiger charge is -2.21. The van der Waals surface area contributed by atoms with Crippen molar-refractivity contribution in [2.75, 3.05) is 45.2 Å². The third-order valence-electron chi connectivity index (χ3n) is 4.91. The highest BCUT2D eigenvalue weighted by Crippen LogP contribution is 2.25. The molecule has 1 fully saturated rings. The second kappa shape index (κ2) is 12.1. The van der Waals surface area contributed by atoms with Crippen molar-refractivity contribution in [3.63, 3.8) is 0 Å². The Morgan fingerprint density at radius 2 is 2.19 bits per heavy atom. The van der Waals surface area contributed by atoms with Gasteiger partial charge in [0.1, 0.15) is 18.1 Å². The van der Waals surface area contributed by atoms with Crippen LogP contribution < -0.4 is 15.5 Å². The van der Waals surface area contributed by atoms with Crippen LogP contribution in [0.2, 0.25) is 5.02 Å². The van der Waals surface area contributed by atoms with E-state index in [2.05, 4.69) is 20.5 Å². The van der Waals surface area contributed by atoms with E-state index in [9.17, 15) is 9.18 Å². The van der Waals surface area contributed by atoms with Crippen molar-refractivity contribution in [1.82, 2.24) is 15.5 Å². The van der Waals surface area contributed by atoms with Gasteiger partial charge in [0.25, 0.3) is 0 Å². The van der Waals surface area contributed by atoms with Crippen LogP contribution in [-0.2, 0) is 11.2 Å². The molecule has 0 spiro atoms. The van der Waals surface area contributed by atoms with Gasteiger partial charge in [-0.1, -0.05) is 11.6 Å². The summed E-state index contributed by atoms with van der Waals surface area (Å²) in [7, 11) is 3.41. The fourth-order valence-corrected chi connectivity index (χ4v) is 3.30. The van der Waals surface area contributed by atoms with Crippen LogP contribution in [0.3, 0.4) is 0 Å². The van der Waals surface area contributed by atoms with Gasteiger partial charge in [-0.15, -0.1) is 24.0 Å². The largest absolute Gasteiger partial charge is 0.469 e. The number of hydrogen-bond acceptors (Lipinski definition) is 4. The van der Waals surface area contributed by atoms with Crippen molar-refractivity contribution in [3.8, 4) is 0 Å². The first-order chi connectivity index (χ1) is 14.4. The van der Waals surface area contributed by atoms with E-state index in [0.29, 0.717) is 25.5 Å². The summed E-state index contributed by atoms with van der Waals surface area (Å²) >= 11 is 5.79. The van der Waals surface area contributed by atoms with Crippen molar-refractivity contribution in [3.05, 3.63) is 53.2 Å². The third kappa shape index (κ3) is 7.57. The molecule has 31 heavy (non-hydrogen) atoms. The van der Waals surface area contributed by atoms with Gasteiger partial charge in [-0.25, -0.2) is 9.38 Å². The molecule has 1 atom stereocenters. The molecule has 1 aliphatic heterocycles. The number of carbonyl (C=O) groups excluding carboxylic acids is 1. The number of aliphatic imine (C=N–C) groups is 1. The standard InChI is InChI=1S/C21H27ClFN5O2.HI/c1-27(2)20(29)13-25-21(24-9-7-17-4-3-11-30-17)26-15-8-10-28(14-15)16-5-6-18(22)19(23)12-16;/h3-6,11-12,15H,7-10,13-14H2,1-2H3,(H2,24,25,26);1H. The predicted octanol–water partition coefficient (Wildman–Crippen LogP) is 3.13. The summed E-state index contributed by atoms with van der Waals surface area (Å²) < 4.78 is 19.1. The Labute approximate surface area is 204 Å².